The van der Waals surface area contributed by atoms with E-state index in [0.29, 0.717) is 24.7 Å². The quantitative estimate of drug-likeness (QED) is 0.794. The Morgan fingerprint density at radius 2 is 2.15 bits per heavy atom. The number of rotatable bonds is 6. The minimum absolute atomic E-state index is 0.307. The first-order chi connectivity index (χ1) is 9.74. The van der Waals surface area contributed by atoms with E-state index in [1.807, 2.05) is 30.3 Å². The molecule has 2 rings (SSSR count). The lowest BCUT2D eigenvalue weighted by atomic mass is 10.3. The molecule has 1 heterocycles. The summed E-state index contributed by atoms with van der Waals surface area (Å²) in [5, 5.41) is 8.96. The largest absolute Gasteiger partial charge is 0.494 e. The number of anilines is 1. The van der Waals surface area contributed by atoms with Gasteiger partial charge in [0.05, 0.1) is 6.61 Å². The summed E-state index contributed by atoms with van der Waals surface area (Å²) >= 11 is 0. The van der Waals surface area contributed by atoms with Gasteiger partial charge in [0.1, 0.15) is 11.5 Å². The van der Waals surface area contributed by atoms with Gasteiger partial charge in [-0.2, -0.15) is 0 Å². The topological polar surface area (TPSA) is 76.4 Å². The molecule has 1 aromatic heterocycles. The average molecular weight is 275 g/mol. The smallest absolute Gasteiger partial charge is 0.320 e. The van der Waals surface area contributed by atoms with Crippen molar-refractivity contribution in [3.63, 3.8) is 0 Å². The molecule has 0 radical (unpaired) electrons. The first-order valence-corrected chi connectivity index (χ1v) is 6.40. The van der Waals surface area contributed by atoms with Gasteiger partial charge in [-0.05, 0) is 25.5 Å². The number of aryl methyl sites for hydroxylation is 1. The van der Waals surface area contributed by atoms with E-state index in [9.17, 15) is 4.79 Å². The molecular formula is C14H17N3O3. The molecule has 0 fully saturated rings. The fourth-order valence-corrected chi connectivity index (χ4v) is 1.57. The molecule has 106 valence electrons. The van der Waals surface area contributed by atoms with E-state index in [0.717, 1.165) is 12.2 Å². The maximum atomic E-state index is 11.5. The van der Waals surface area contributed by atoms with Crippen LogP contribution in [-0.2, 0) is 0 Å². The summed E-state index contributed by atoms with van der Waals surface area (Å²) in [4.78, 5) is 11.5. The number of amides is 2. The van der Waals surface area contributed by atoms with Crippen molar-refractivity contribution in [1.82, 2.24) is 10.5 Å². The van der Waals surface area contributed by atoms with Crippen LogP contribution in [0.3, 0.4) is 0 Å². The van der Waals surface area contributed by atoms with Crippen molar-refractivity contribution in [2.75, 3.05) is 18.5 Å². The number of carbonyl (C=O) groups is 1. The van der Waals surface area contributed by atoms with Crippen molar-refractivity contribution in [2.24, 2.45) is 0 Å². The lowest BCUT2D eigenvalue weighted by Gasteiger charge is -2.07. The summed E-state index contributed by atoms with van der Waals surface area (Å²) < 4.78 is 10.4. The van der Waals surface area contributed by atoms with Gasteiger partial charge >= 0.3 is 6.03 Å². The number of ether oxygens (including phenoxy) is 1. The Kier molecular flexibility index (Phi) is 5.00. The predicted octanol–water partition coefficient (Wildman–Crippen LogP) is 2.57. The molecule has 20 heavy (non-hydrogen) atoms. The molecule has 2 amide bonds. The summed E-state index contributed by atoms with van der Waals surface area (Å²) in [6, 6.07) is 10.9. The fourth-order valence-electron chi connectivity index (χ4n) is 1.57. The molecule has 0 saturated heterocycles. The van der Waals surface area contributed by atoms with Gasteiger partial charge in [0.2, 0.25) is 0 Å². The van der Waals surface area contributed by atoms with E-state index in [4.69, 9.17) is 9.26 Å². The molecule has 0 unspecified atom stereocenters. The van der Waals surface area contributed by atoms with Crippen LogP contribution in [-0.4, -0.2) is 24.3 Å². The zero-order valence-electron chi connectivity index (χ0n) is 11.3. The van der Waals surface area contributed by atoms with Crippen molar-refractivity contribution in [1.29, 1.82) is 0 Å². The molecule has 0 saturated carbocycles. The van der Waals surface area contributed by atoms with Crippen LogP contribution in [0.4, 0.5) is 10.6 Å². The number of aromatic nitrogens is 1. The first-order valence-electron chi connectivity index (χ1n) is 6.40. The third-order valence-corrected chi connectivity index (χ3v) is 2.49. The summed E-state index contributed by atoms with van der Waals surface area (Å²) in [5.74, 6) is 1.88. The van der Waals surface area contributed by atoms with Crippen LogP contribution < -0.4 is 15.4 Å². The number of nitrogens with zero attached hydrogens (tertiary/aromatic N) is 1. The Labute approximate surface area is 117 Å². The minimum atomic E-state index is -0.307. The fraction of sp³-hybridized carbons (Fsp3) is 0.286. The normalized spacial score (nSPS) is 10.1. The molecule has 1 aromatic carbocycles. The van der Waals surface area contributed by atoms with E-state index in [2.05, 4.69) is 15.8 Å². The Morgan fingerprint density at radius 1 is 1.35 bits per heavy atom. The Morgan fingerprint density at radius 3 is 2.85 bits per heavy atom. The monoisotopic (exact) mass is 275 g/mol. The second kappa shape index (κ2) is 7.18. The minimum Gasteiger partial charge on any atom is -0.494 e. The number of hydrogen-bond donors (Lipinski definition) is 2. The van der Waals surface area contributed by atoms with Crippen molar-refractivity contribution >= 4 is 11.8 Å². The lowest BCUT2D eigenvalue weighted by molar-refractivity contribution is 0.250. The molecule has 2 N–H and O–H groups in total. The summed E-state index contributed by atoms with van der Waals surface area (Å²) in [6.07, 6.45) is 0.722. The number of hydrogen-bond acceptors (Lipinski definition) is 4. The highest BCUT2D eigenvalue weighted by molar-refractivity contribution is 5.88. The van der Waals surface area contributed by atoms with E-state index in [1.165, 1.54) is 0 Å². The molecule has 6 nitrogen and oxygen atoms in total. The van der Waals surface area contributed by atoms with E-state index < -0.39 is 0 Å². The Balaban J connectivity index is 1.58. The van der Waals surface area contributed by atoms with Crippen LogP contribution in [0.15, 0.2) is 40.9 Å². The van der Waals surface area contributed by atoms with Crippen LogP contribution in [0.25, 0.3) is 0 Å². The van der Waals surface area contributed by atoms with Gasteiger partial charge < -0.3 is 14.6 Å². The molecule has 0 atom stereocenters. The van der Waals surface area contributed by atoms with Crippen molar-refractivity contribution in [3.05, 3.63) is 42.2 Å². The standard InChI is InChI=1S/C14H17N3O3/c1-11-10-13(17-20-11)16-14(18)15-8-5-9-19-12-6-3-2-4-7-12/h2-4,6-7,10H,5,8-9H2,1H3,(H2,15,16,17,18). The van der Waals surface area contributed by atoms with E-state index >= 15 is 0 Å². The van der Waals surface area contributed by atoms with Crippen LogP contribution in [0.2, 0.25) is 0 Å². The summed E-state index contributed by atoms with van der Waals surface area (Å²) in [6.45, 7) is 2.83. The third kappa shape index (κ3) is 4.64. The van der Waals surface area contributed by atoms with Gasteiger partial charge in [0.15, 0.2) is 5.82 Å². The van der Waals surface area contributed by atoms with Gasteiger partial charge in [-0.25, -0.2) is 4.79 Å². The van der Waals surface area contributed by atoms with Crippen LogP contribution in [0.1, 0.15) is 12.2 Å². The van der Waals surface area contributed by atoms with Gasteiger partial charge in [-0.3, -0.25) is 5.32 Å². The van der Waals surface area contributed by atoms with Gasteiger partial charge in [0.25, 0.3) is 0 Å². The molecule has 0 aliphatic heterocycles. The number of carbonyl (C=O) groups excluding carboxylic acids is 1. The molecule has 0 aliphatic rings. The summed E-state index contributed by atoms with van der Waals surface area (Å²) in [5.41, 5.74) is 0. The zero-order chi connectivity index (χ0) is 14.2. The number of para-hydroxylation sites is 1. The van der Waals surface area contributed by atoms with Gasteiger partial charge in [-0.1, -0.05) is 23.4 Å². The van der Waals surface area contributed by atoms with Crippen LogP contribution in [0, 0.1) is 6.92 Å². The molecule has 2 aromatic rings. The van der Waals surface area contributed by atoms with Crippen molar-refractivity contribution < 1.29 is 14.1 Å². The van der Waals surface area contributed by atoms with Crippen molar-refractivity contribution in [3.8, 4) is 5.75 Å². The second-order valence-corrected chi connectivity index (χ2v) is 4.22. The SMILES string of the molecule is Cc1cc(NC(=O)NCCCOc2ccccc2)no1. The molecule has 0 spiro atoms. The van der Waals surface area contributed by atoms with Crippen molar-refractivity contribution in [2.45, 2.75) is 13.3 Å². The van der Waals surface area contributed by atoms with E-state index in [-0.39, 0.29) is 6.03 Å². The summed E-state index contributed by atoms with van der Waals surface area (Å²) in [7, 11) is 0. The zero-order valence-corrected chi connectivity index (χ0v) is 11.3. The lowest BCUT2D eigenvalue weighted by Crippen LogP contribution is -2.30. The number of nitrogens with one attached hydrogen (secondary N) is 2. The molecule has 0 bridgehead atoms. The van der Waals surface area contributed by atoms with Gasteiger partial charge in [0, 0.05) is 12.6 Å². The van der Waals surface area contributed by atoms with Crippen LogP contribution >= 0.6 is 0 Å². The maximum absolute atomic E-state index is 11.5. The third-order valence-electron chi connectivity index (χ3n) is 2.49. The predicted molar refractivity (Wildman–Crippen MR) is 74.8 cm³/mol. The first kappa shape index (κ1) is 13.9. The number of benzene rings is 1. The Hall–Kier alpha value is -2.50. The van der Waals surface area contributed by atoms with Crippen LogP contribution in [0.5, 0.6) is 5.75 Å². The highest BCUT2D eigenvalue weighted by atomic mass is 16.5. The second-order valence-electron chi connectivity index (χ2n) is 4.22. The molecule has 0 aliphatic carbocycles. The Bertz CT molecular complexity index is 540. The van der Waals surface area contributed by atoms with Gasteiger partial charge in [-0.15, -0.1) is 0 Å². The molecular weight excluding hydrogens is 258 g/mol. The highest BCUT2D eigenvalue weighted by Crippen LogP contribution is 2.08. The number of urea groups is 1. The van der Waals surface area contributed by atoms with E-state index in [1.54, 1.807) is 13.0 Å². The maximum Gasteiger partial charge on any atom is 0.320 e. The average Bonchev–Trinajstić information content (AvgIpc) is 2.85. The highest BCUT2D eigenvalue weighted by Gasteiger charge is 2.04. The molecule has 6 heteroatoms.